The van der Waals surface area contributed by atoms with Crippen molar-refractivity contribution in [3.05, 3.63) is 57.0 Å². The van der Waals surface area contributed by atoms with Crippen LogP contribution in [0.1, 0.15) is 5.56 Å². The maximum atomic E-state index is 12.3. The minimum absolute atomic E-state index is 0.220. The first-order valence-corrected chi connectivity index (χ1v) is 8.50. The van der Waals surface area contributed by atoms with Crippen LogP contribution in [0.25, 0.3) is 0 Å². The van der Waals surface area contributed by atoms with Crippen molar-refractivity contribution in [3.63, 3.8) is 0 Å². The van der Waals surface area contributed by atoms with Crippen LogP contribution in [0.3, 0.4) is 0 Å². The van der Waals surface area contributed by atoms with Crippen LogP contribution in [-0.2, 0) is 10.0 Å². The quantitative estimate of drug-likeness (QED) is 0.827. The molecule has 0 bridgehead atoms. The van der Waals surface area contributed by atoms with E-state index in [9.17, 15) is 8.42 Å². The summed E-state index contributed by atoms with van der Waals surface area (Å²) < 4.78 is 28.5. The number of benzene rings is 2. The fourth-order valence-corrected chi connectivity index (χ4v) is 4.23. The molecule has 0 saturated heterocycles. The molecule has 0 radical (unpaired) electrons. The van der Waals surface area contributed by atoms with Gasteiger partial charge in [0, 0.05) is 14.6 Å². The molecular formula is C13H11Br2NO2S. The van der Waals surface area contributed by atoms with Crippen LogP contribution in [0.2, 0.25) is 0 Å². The Morgan fingerprint density at radius 1 is 1.05 bits per heavy atom. The lowest BCUT2D eigenvalue weighted by Crippen LogP contribution is -2.13. The van der Waals surface area contributed by atoms with Gasteiger partial charge < -0.3 is 0 Å². The second kappa shape index (κ2) is 5.64. The number of nitrogens with one attached hydrogen (secondary N) is 1. The summed E-state index contributed by atoms with van der Waals surface area (Å²) in [5, 5.41) is 0. The highest BCUT2D eigenvalue weighted by Gasteiger charge is 2.17. The smallest absolute Gasteiger partial charge is 0.263 e. The summed E-state index contributed by atoms with van der Waals surface area (Å²) >= 11 is 6.59. The lowest BCUT2D eigenvalue weighted by molar-refractivity contribution is 0.600. The molecule has 0 aliphatic heterocycles. The molecule has 1 N–H and O–H groups in total. The number of hydrogen-bond donors (Lipinski definition) is 1. The summed E-state index contributed by atoms with van der Waals surface area (Å²) in [5.41, 5.74) is 1.51. The van der Waals surface area contributed by atoms with E-state index in [1.54, 1.807) is 36.4 Å². The molecule has 19 heavy (non-hydrogen) atoms. The van der Waals surface area contributed by atoms with E-state index in [1.165, 1.54) is 0 Å². The van der Waals surface area contributed by atoms with Gasteiger partial charge in [0.15, 0.2) is 0 Å². The zero-order valence-electron chi connectivity index (χ0n) is 10.0. The number of sulfonamides is 1. The van der Waals surface area contributed by atoms with Crippen LogP contribution in [0.5, 0.6) is 0 Å². The predicted molar refractivity (Wildman–Crippen MR) is 83.8 cm³/mol. The Morgan fingerprint density at radius 2 is 1.79 bits per heavy atom. The molecule has 6 heteroatoms. The summed E-state index contributed by atoms with van der Waals surface area (Å²) in [6.07, 6.45) is 0. The molecule has 0 saturated carbocycles. The van der Waals surface area contributed by atoms with Gasteiger partial charge in [-0.15, -0.1) is 0 Å². The van der Waals surface area contributed by atoms with Crippen molar-refractivity contribution >= 4 is 47.6 Å². The summed E-state index contributed by atoms with van der Waals surface area (Å²) in [7, 11) is -3.60. The van der Waals surface area contributed by atoms with E-state index < -0.39 is 10.0 Å². The largest absolute Gasteiger partial charge is 0.280 e. The molecular weight excluding hydrogens is 394 g/mol. The molecule has 0 unspecified atom stereocenters. The van der Waals surface area contributed by atoms with Gasteiger partial charge in [-0.1, -0.05) is 28.1 Å². The van der Waals surface area contributed by atoms with E-state index in [1.807, 2.05) is 13.0 Å². The van der Waals surface area contributed by atoms with Gasteiger partial charge in [0.1, 0.15) is 4.90 Å². The molecule has 0 amide bonds. The molecule has 3 nitrogen and oxygen atoms in total. The average molecular weight is 405 g/mol. The first kappa shape index (κ1) is 14.6. The third kappa shape index (κ3) is 3.58. The first-order chi connectivity index (χ1) is 8.88. The standard InChI is InChI=1S/C13H11Br2NO2S/c1-9-5-6-13(12(15)7-9)19(17,18)16-11-4-2-3-10(14)8-11/h2-8,16H,1H3. The van der Waals surface area contributed by atoms with Crippen LogP contribution < -0.4 is 4.72 Å². The first-order valence-electron chi connectivity index (χ1n) is 5.43. The average Bonchev–Trinajstić information content (AvgIpc) is 2.27. The summed E-state index contributed by atoms with van der Waals surface area (Å²) in [6, 6.07) is 12.1. The minimum Gasteiger partial charge on any atom is -0.280 e. The monoisotopic (exact) mass is 403 g/mol. The Hall–Kier alpha value is -0.850. The van der Waals surface area contributed by atoms with Gasteiger partial charge in [-0.25, -0.2) is 8.42 Å². The summed E-state index contributed by atoms with van der Waals surface area (Å²) in [6.45, 7) is 1.91. The van der Waals surface area contributed by atoms with E-state index in [0.29, 0.717) is 10.2 Å². The molecule has 0 aliphatic carbocycles. The normalized spacial score (nSPS) is 11.3. The molecule has 2 aromatic rings. The van der Waals surface area contributed by atoms with Crippen molar-refractivity contribution in [2.45, 2.75) is 11.8 Å². The van der Waals surface area contributed by atoms with Gasteiger partial charge in [-0.3, -0.25) is 4.72 Å². The fraction of sp³-hybridized carbons (Fsp3) is 0.0769. The van der Waals surface area contributed by atoms with Crippen molar-refractivity contribution in [1.82, 2.24) is 0 Å². The Labute approximate surface area is 129 Å². The van der Waals surface area contributed by atoms with Gasteiger partial charge in [0.25, 0.3) is 10.0 Å². The predicted octanol–water partition coefficient (Wildman–Crippen LogP) is 4.32. The molecule has 0 spiro atoms. The topological polar surface area (TPSA) is 46.2 Å². The lowest BCUT2D eigenvalue weighted by atomic mass is 10.2. The van der Waals surface area contributed by atoms with Crippen molar-refractivity contribution in [2.24, 2.45) is 0 Å². The molecule has 0 aliphatic rings. The molecule has 0 aromatic heterocycles. The van der Waals surface area contributed by atoms with Gasteiger partial charge in [-0.2, -0.15) is 0 Å². The van der Waals surface area contributed by atoms with E-state index >= 15 is 0 Å². The van der Waals surface area contributed by atoms with E-state index in [0.717, 1.165) is 10.0 Å². The maximum absolute atomic E-state index is 12.3. The number of hydrogen-bond acceptors (Lipinski definition) is 2. The number of aryl methyl sites for hydroxylation is 1. The SMILES string of the molecule is Cc1ccc(S(=O)(=O)Nc2cccc(Br)c2)c(Br)c1. The third-order valence-electron chi connectivity index (χ3n) is 2.45. The van der Waals surface area contributed by atoms with E-state index in [-0.39, 0.29) is 4.90 Å². The molecule has 2 aromatic carbocycles. The number of halogens is 2. The molecule has 100 valence electrons. The maximum Gasteiger partial charge on any atom is 0.263 e. The molecule has 0 heterocycles. The van der Waals surface area contributed by atoms with Crippen LogP contribution in [0.15, 0.2) is 56.3 Å². The van der Waals surface area contributed by atoms with Crippen LogP contribution >= 0.6 is 31.9 Å². The Morgan fingerprint density at radius 3 is 2.42 bits per heavy atom. The Balaban J connectivity index is 2.38. The van der Waals surface area contributed by atoms with Crippen molar-refractivity contribution in [2.75, 3.05) is 4.72 Å². The highest BCUT2D eigenvalue weighted by molar-refractivity contribution is 9.10. The highest BCUT2D eigenvalue weighted by Crippen LogP contribution is 2.26. The van der Waals surface area contributed by atoms with Gasteiger partial charge in [0.2, 0.25) is 0 Å². The minimum atomic E-state index is -3.60. The summed E-state index contributed by atoms with van der Waals surface area (Å²) in [5.74, 6) is 0. The van der Waals surface area contributed by atoms with Gasteiger partial charge in [-0.05, 0) is 58.7 Å². The molecule has 2 rings (SSSR count). The van der Waals surface area contributed by atoms with Crippen molar-refractivity contribution in [3.8, 4) is 0 Å². The number of rotatable bonds is 3. The second-order valence-electron chi connectivity index (χ2n) is 4.05. The van der Waals surface area contributed by atoms with Gasteiger partial charge >= 0.3 is 0 Å². The second-order valence-corrected chi connectivity index (χ2v) is 7.47. The molecule has 0 fully saturated rings. The lowest BCUT2D eigenvalue weighted by Gasteiger charge is -2.10. The van der Waals surface area contributed by atoms with Crippen LogP contribution in [0.4, 0.5) is 5.69 Å². The van der Waals surface area contributed by atoms with E-state index in [2.05, 4.69) is 36.6 Å². The van der Waals surface area contributed by atoms with Crippen LogP contribution in [-0.4, -0.2) is 8.42 Å². The Kier molecular flexibility index (Phi) is 4.32. The summed E-state index contributed by atoms with van der Waals surface area (Å²) in [4.78, 5) is 0.220. The Bertz CT molecular complexity index is 714. The molecule has 0 atom stereocenters. The number of anilines is 1. The third-order valence-corrected chi connectivity index (χ3v) is 5.30. The van der Waals surface area contributed by atoms with Crippen LogP contribution in [0, 0.1) is 6.92 Å². The van der Waals surface area contributed by atoms with Gasteiger partial charge in [0.05, 0.1) is 0 Å². The highest BCUT2D eigenvalue weighted by atomic mass is 79.9. The van der Waals surface area contributed by atoms with E-state index in [4.69, 9.17) is 0 Å². The zero-order valence-corrected chi connectivity index (χ0v) is 14.0. The van der Waals surface area contributed by atoms with Crippen molar-refractivity contribution in [1.29, 1.82) is 0 Å². The fourth-order valence-electron chi connectivity index (χ4n) is 1.59. The van der Waals surface area contributed by atoms with Crippen molar-refractivity contribution < 1.29 is 8.42 Å². The zero-order chi connectivity index (χ0) is 14.0.